The first-order chi connectivity index (χ1) is 8.84. The van der Waals surface area contributed by atoms with Crippen LogP contribution in [-0.2, 0) is 5.41 Å². The third kappa shape index (κ3) is 5.19. The van der Waals surface area contributed by atoms with Crippen molar-refractivity contribution in [2.45, 2.75) is 52.5 Å². The van der Waals surface area contributed by atoms with Crippen LogP contribution in [-0.4, -0.2) is 11.7 Å². The van der Waals surface area contributed by atoms with Crippen molar-refractivity contribution in [3.63, 3.8) is 0 Å². The number of thiocarbonyl (C=S) groups is 1. The minimum absolute atomic E-state index is 0.202. The minimum atomic E-state index is 0.202. The topological polar surface area (TPSA) is 24.1 Å². The molecule has 0 bridgehead atoms. The van der Waals surface area contributed by atoms with Gasteiger partial charge in [0.15, 0.2) is 5.11 Å². The van der Waals surface area contributed by atoms with Gasteiger partial charge in [0.2, 0.25) is 0 Å². The van der Waals surface area contributed by atoms with Gasteiger partial charge >= 0.3 is 0 Å². The van der Waals surface area contributed by atoms with Crippen LogP contribution in [0.1, 0.15) is 58.2 Å². The summed E-state index contributed by atoms with van der Waals surface area (Å²) in [5, 5.41) is 7.23. The highest BCUT2D eigenvalue weighted by Crippen LogP contribution is 2.23. The summed E-state index contributed by atoms with van der Waals surface area (Å²) in [5.41, 5.74) is 2.82. The molecule has 1 aromatic carbocycles. The van der Waals surface area contributed by atoms with Gasteiger partial charge in [0, 0.05) is 6.54 Å². The Morgan fingerprint density at radius 1 is 1.21 bits per heavy atom. The summed E-state index contributed by atoms with van der Waals surface area (Å²) in [6.07, 6.45) is 1.08. The zero-order valence-corrected chi connectivity index (χ0v) is 13.5. The van der Waals surface area contributed by atoms with Crippen LogP contribution in [0, 0.1) is 0 Å². The molecule has 0 aromatic heterocycles. The zero-order chi connectivity index (χ0) is 14.5. The average Bonchev–Trinajstić information content (AvgIpc) is 2.35. The Labute approximate surface area is 123 Å². The fraction of sp³-hybridized carbons (Fsp3) is 0.562. The lowest BCUT2D eigenvalue weighted by Crippen LogP contribution is -2.37. The lowest BCUT2D eigenvalue weighted by molar-refractivity contribution is 0.589. The third-order valence-corrected chi connectivity index (χ3v) is 3.42. The van der Waals surface area contributed by atoms with Crippen LogP contribution in [0.25, 0.3) is 0 Å². The molecule has 0 aliphatic heterocycles. The van der Waals surface area contributed by atoms with Crippen LogP contribution in [0.5, 0.6) is 0 Å². The van der Waals surface area contributed by atoms with Crippen molar-refractivity contribution in [1.29, 1.82) is 0 Å². The van der Waals surface area contributed by atoms with E-state index in [0.29, 0.717) is 0 Å². The normalized spacial score (nSPS) is 12.9. The molecule has 1 unspecified atom stereocenters. The van der Waals surface area contributed by atoms with E-state index < -0.39 is 0 Å². The maximum absolute atomic E-state index is 5.26. The van der Waals surface area contributed by atoms with Crippen molar-refractivity contribution < 1.29 is 0 Å². The molecule has 1 atom stereocenters. The van der Waals surface area contributed by atoms with Gasteiger partial charge in [-0.3, -0.25) is 0 Å². The molecule has 0 fully saturated rings. The second-order valence-electron chi connectivity index (χ2n) is 5.99. The predicted molar refractivity (Wildman–Crippen MR) is 87.6 cm³/mol. The van der Waals surface area contributed by atoms with E-state index in [9.17, 15) is 0 Å². The average molecular weight is 278 g/mol. The van der Waals surface area contributed by atoms with Crippen molar-refractivity contribution in [2.24, 2.45) is 0 Å². The molecule has 0 amide bonds. The van der Waals surface area contributed by atoms with Gasteiger partial charge in [-0.15, -0.1) is 0 Å². The predicted octanol–water partition coefficient (Wildman–Crippen LogP) is 3.92. The number of rotatable bonds is 4. The Kier molecular flexibility index (Phi) is 5.80. The molecule has 0 aliphatic rings. The third-order valence-electron chi connectivity index (χ3n) is 3.16. The number of hydrogen-bond acceptors (Lipinski definition) is 1. The van der Waals surface area contributed by atoms with E-state index in [1.807, 2.05) is 0 Å². The van der Waals surface area contributed by atoms with E-state index >= 15 is 0 Å². The maximum Gasteiger partial charge on any atom is 0.166 e. The fourth-order valence-electron chi connectivity index (χ4n) is 1.84. The van der Waals surface area contributed by atoms with Crippen LogP contribution in [0.2, 0.25) is 0 Å². The summed E-state index contributed by atoms with van der Waals surface area (Å²) in [6.45, 7) is 11.9. The molecule has 1 rings (SSSR count). The monoisotopic (exact) mass is 278 g/mol. The van der Waals surface area contributed by atoms with Gasteiger partial charge in [-0.25, -0.2) is 0 Å². The van der Waals surface area contributed by atoms with Crippen molar-refractivity contribution in [3.8, 4) is 0 Å². The summed E-state index contributed by atoms with van der Waals surface area (Å²) in [5.74, 6) is 0. The van der Waals surface area contributed by atoms with Gasteiger partial charge in [-0.05, 0) is 42.1 Å². The van der Waals surface area contributed by atoms with Gasteiger partial charge in [0.1, 0.15) is 0 Å². The van der Waals surface area contributed by atoms with Crippen molar-refractivity contribution in [3.05, 3.63) is 35.4 Å². The summed E-state index contributed by atoms with van der Waals surface area (Å²) >= 11 is 5.26. The van der Waals surface area contributed by atoms with Crippen LogP contribution in [0.3, 0.4) is 0 Å². The first-order valence-electron chi connectivity index (χ1n) is 6.99. The highest BCUT2D eigenvalue weighted by Gasteiger charge is 2.14. The second-order valence-corrected chi connectivity index (χ2v) is 6.40. The lowest BCUT2D eigenvalue weighted by atomic mass is 9.86. The summed E-state index contributed by atoms with van der Waals surface area (Å²) in [7, 11) is 0. The minimum Gasteiger partial charge on any atom is -0.363 e. The molecule has 0 saturated heterocycles. The molecule has 1 aromatic rings. The fourth-order valence-corrected chi connectivity index (χ4v) is 2.12. The molecule has 0 spiro atoms. The van der Waals surface area contributed by atoms with E-state index in [0.717, 1.165) is 18.1 Å². The Balaban J connectivity index is 2.63. The SMILES string of the molecule is CCCNC(=S)NC(C)c1ccc(C(C)(C)C)cc1. The van der Waals surface area contributed by atoms with E-state index in [1.165, 1.54) is 11.1 Å². The lowest BCUT2D eigenvalue weighted by Gasteiger charge is -2.21. The molecule has 2 nitrogen and oxygen atoms in total. The quantitative estimate of drug-likeness (QED) is 0.816. The maximum atomic E-state index is 5.26. The summed E-state index contributed by atoms with van der Waals surface area (Å²) in [4.78, 5) is 0. The van der Waals surface area contributed by atoms with E-state index in [-0.39, 0.29) is 11.5 Å². The highest BCUT2D eigenvalue weighted by molar-refractivity contribution is 7.80. The summed E-state index contributed by atoms with van der Waals surface area (Å²) < 4.78 is 0. The Morgan fingerprint density at radius 2 is 1.79 bits per heavy atom. The molecule has 2 N–H and O–H groups in total. The molecule has 0 heterocycles. The molecule has 0 radical (unpaired) electrons. The van der Waals surface area contributed by atoms with E-state index in [2.05, 4.69) is 69.5 Å². The van der Waals surface area contributed by atoms with Gasteiger partial charge < -0.3 is 10.6 Å². The van der Waals surface area contributed by atoms with Gasteiger partial charge in [-0.2, -0.15) is 0 Å². The zero-order valence-electron chi connectivity index (χ0n) is 12.7. The van der Waals surface area contributed by atoms with Gasteiger partial charge in [0.05, 0.1) is 6.04 Å². The Morgan fingerprint density at radius 3 is 2.26 bits per heavy atom. The first kappa shape index (κ1) is 16.0. The van der Waals surface area contributed by atoms with Crippen LogP contribution < -0.4 is 10.6 Å². The molecule has 106 valence electrons. The highest BCUT2D eigenvalue weighted by atomic mass is 32.1. The second kappa shape index (κ2) is 6.90. The number of nitrogens with one attached hydrogen (secondary N) is 2. The molecule has 19 heavy (non-hydrogen) atoms. The number of benzene rings is 1. The van der Waals surface area contributed by atoms with Crippen molar-refractivity contribution in [2.75, 3.05) is 6.54 Å². The Hall–Kier alpha value is -1.09. The van der Waals surface area contributed by atoms with Crippen molar-refractivity contribution in [1.82, 2.24) is 10.6 Å². The van der Waals surface area contributed by atoms with E-state index in [4.69, 9.17) is 12.2 Å². The molecular formula is C16H26N2S. The van der Waals surface area contributed by atoms with Crippen LogP contribution in [0.15, 0.2) is 24.3 Å². The summed E-state index contributed by atoms with van der Waals surface area (Å²) in [6, 6.07) is 9.00. The number of hydrogen-bond donors (Lipinski definition) is 2. The van der Waals surface area contributed by atoms with Crippen LogP contribution in [0.4, 0.5) is 0 Å². The standard InChI is InChI=1S/C16H26N2S/c1-6-11-17-15(19)18-12(2)13-7-9-14(10-8-13)16(3,4)5/h7-10,12H,6,11H2,1-5H3,(H2,17,18,19). The van der Waals surface area contributed by atoms with Crippen molar-refractivity contribution >= 4 is 17.3 Å². The molecule has 0 saturated carbocycles. The van der Waals surface area contributed by atoms with Gasteiger partial charge in [-0.1, -0.05) is 52.0 Å². The van der Waals surface area contributed by atoms with Gasteiger partial charge in [0.25, 0.3) is 0 Å². The molecular weight excluding hydrogens is 252 g/mol. The molecule has 0 aliphatic carbocycles. The molecule has 3 heteroatoms. The van der Waals surface area contributed by atoms with Crippen LogP contribution >= 0.6 is 12.2 Å². The first-order valence-corrected chi connectivity index (χ1v) is 7.40. The largest absolute Gasteiger partial charge is 0.363 e. The smallest absolute Gasteiger partial charge is 0.166 e. The van der Waals surface area contributed by atoms with E-state index in [1.54, 1.807) is 0 Å². The Bertz CT molecular complexity index is 404.